The number of phenols is 1. The quantitative estimate of drug-likeness (QED) is 0.644. The fourth-order valence-electron chi connectivity index (χ4n) is 4.07. The van der Waals surface area contributed by atoms with Gasteiger partial charge in [-0.2, -0.15) is 0 Å². The summed E-state index contributed by atoms with van der Waals surface area (Å²) >= 11 is 0. The number of carbonyl (C=O) groups is 2. The van der Waals surface area contributed by atoms with E-state index >= 15 is 0 Å². The zero-order valence-electron chi connectivity index (χ0n) is 17.0. The number of carboxylic acids is 1. The lowest BCUT2D eigenvalue weighted by Gasteiger charge is -2.43. The average molecular weight is 413 g/mol. The number of rotatable bonds is 7. The molecule has 1 heterocycles. The minimum atomic E-state index is -1.42. The molecule has 7 heteroatoms. The Balaban J connectivity index is 1.76. The number of aromatic hydroxyl groups is 1. The number of carbonyl (C=O) groups excluding carboxylic acids is 1. The number of piperidine rings is 1. The molecule has 30 heavy (non-hydrogen) atoms. The van der Waals surface area contributed by atoms with Crippen LogP contribution in [0.4, 0.5) is 0 Å². The average Bonchev–Trinajstić information content (AvgIpc) is 2.75. The van der Waals surface area contributed by atoms with E-state index in [1.165, 1.54) is 30.2 Å². The van der Waals surface area contributed by atoms with Crippen LogP contribution in [0.1, 0.15) is 35.2 Å². The lowest BCUT2D eigenvalue weighted by Crippen LogP contribution is -2.57. The molecule has 1 aliphatic heterocycles. The molecule has 0 unspecified atom stereocenters. The molecular weight excluding hydrogens is 386 g/mol. The highest BCUT2D eigenvalue weighted by Crippen LogP contribution is 2.37. The smallest absolute Gasteiger partial charge is 0.314 e. The fourth-order valence-corrected chi connectivity index (χ4v) is 4.07. The Morgan fingerprint density at radius 3 is 2.57 bits per heavy atom. The van der Waals surface area contributed by atoms with Gasteiger partial charge in [0.25, 0.3) is 5.91 Å². The van der Waals surface area contributed by atoms with Crippen LogP contribution in [-0.4, -0.2) is 58.4 Å². The topological polar surface area (TPSA) is 107 Å². The van der Waals surface area contributed by atoms with Crippen LogP contribution in [0.3, 0.4) is 0 Å². The first-order chi connectivity index (χ1) is 14.4. The van der Waals surface area contributed by atoms with Crippen molar-refractivity contribution in [1.29, 1.82) is 0 Å². The monoisotopic (exact) mass is 413 g/mol. The van der Waals surface area contributed by atoms with Crippen molar-refractivity contribution >= 4 is 11.9 Å². The van der Waals surface area contributed by atoms with Crippen molar-refractivity contribution in [2.75, 3.05) is 20.2 Å². The van der Waals surface area contributed by atoms with Gasteiger partial charge < -0.3 is 25.0 Å². The molecule has 0 saturated carbocycles. The lowest BCUT2D eigenvalue weighted by atomic mass is 9.73. The Bertz CT molecular complexity index is 900. The molecule has 0 aliphatic carbocycles. The van der Waals surface area contributed by atoms with Crippen molar-refractivity contribution in [3.8, 4) is 11.5 Å². The maximum atomic E-state index is 13.0. The molecule has 7 nitrogen and oxygen atoms in total. The molecule has 0 spiro atoms. The summed E-state index contributed by atoms with van der Waals surface area (Å²) in [5.74, 6) is -1.39. The van der Waals surface area contributed by atoms with Gasteiger partial charge in [-0.25, -0.2) is 0 Å². The van der Waals surface area contributed by atoms with Gasteiger partial charge in [-0.3, -0.25) is 9.59 Å². The van der Waals surface area contributed by atoms with Crippen LogP contribution in [0.2, 0.25) is 0 Å². The van der Waals surface area contributed by atoms with Crippen LogP contribution < -0.4 is 4.74 Å². The second-order valence-electron chi connectivity index (χ2n) is 7.72. The number of aliphatic hydroxyl groups excluding tert-OH is 1. The number of benzene rings is 2. The standard InChI is InChI=1S/C23H27NO6/c1-30-19-10-9-17(14-18(19)25)21(27)24-13-11-20(26)23(15-24,22(28)29)12-5-8-16-6-3-2-4-7-16/h2-4,6-7,9-10,14,20,25-26H,5,8,11-13,15H2,1H3,(H,28,29)/t20-,23+/m0/s1. The van der Waals surface area contributed by atoms with E-state index in [1.54, 1.807) is 0 Å². The SMILES string of the molecule is COc1ccc(C(=O)N2CC[C@H](O)[C@](CCCc3ccccc3)(C(=O)O)C2)cc1O. The summed E-state index contributed by atoms with van der Waals surface area (Å²) in [6, 6.07) is 14.1. The number of ether oxygens (including phenoxy) is 1. The number of phenolic OH excluding ortho intramolecular Hbond substituents is 1. The minimum Gasteiger partial charge on any atom is -0.504 e. The third-order valence-electron chi connectivity index (χ3n) is 5.85. The van der Waals surface area contributed by atoms with Crippen LogP contribution >= 0.6 is 0 Å². The normalized spacial score (nSPS) is 21.3. The van der Waals surface area contributed by atoms with Gasteiger partial charge in [0.1, 0.15) is 5.41 Å². The summed E-state index contributed by atoms with van der Waals surface area (Å²) in [6.45, 7) is 0.171. The Morgan fingerprint density at radius 1 is 1.20 bits per heavy atom. The number of aliphatic carboxylic acids is 1. The van der Waals surface area contributed by atoms with Gasteiger partial charge in [-0.15, -0.1) is 0 Å². The van der Waals surface area contributed by atoms with Crippen LogP contribution in [0, 0.1) is 5.41 Å². The molecule has 1 saturated heterocycles. The molecule has 2 atom stereocenters. The van der Waals surface area contributed by atoms with Crippen LogP contribution in [-0.2, 0) is 11.2 Å². The first kappa shape index (κ1) is 21.6. The Kier molecular flexibility index (Phi) is 6.62. The number of nitrogens with zero attached hydrogens (tertiary/aromatic N) is 1. The summed E-state index contributed by atoms with van der Waals surface area (Å²) in [5.41, 5.74) is -0.0738. The van der Waals surface area contributed by atoms with E-state index in [-0.39, 0.29) is 48.9 Å². The van der Waals surface area contributed by atoms with Crippen molar-refractivity contribution in [2.45, 2.75) is 31.8 Å². The zero-order valence-corrected chi connectivity index (χ0v) is 17.0. The third-order valence-corrected chi connectivity index (χ3v) is 5.85. The summed E-state index contributed by atoms with van der Waals surface area (Å²) < 4.78 is 5.00. The highest BCUT2D eigenvalue weighted by Gasteiger charge is 2.49. The van der Waals surface area contributed by atoms with E-state index < -0.39 is 17.5 Å². The zero-order chi connectivity index (χ0) is 21.7. The van der Waals surface area contributed by atoms with Gasteiger partial charge in [0.2, 0.25) is 0 Å². The summed E-state index contributed by atoms with van der Waals surface area (Å²) in [5, 5.41) is 30.5. The van der Waals surface area contributed by atoms with Gasteiger partial charge in [0.15, 0.2) is 11.5 Å². The van der Waals surface area contributed by atoms with Crippen molar-refractivity contribution < 1.29 is 29.6 Å². The molecule has 1 aliphatic rings. The first-order valence-corrected chi connectivity index (χ1v) is 9.99. The van der Waals surface area contributed by atoms with Gasteiger partial charge in [0, 0.05) is 18.7 Å². The predicted octanol–water partition coefficient (Wildman–Crippen LogP) is 2.70. The summed E-state index contributed by atoms with van der Waals surface area (Å²) in [4.78, 5) is 26.6. The predicted molar refractivity (Wildman–Crippen MR) is 111 cm³/mol. The molecule has 1 fully saturated rings. The van der Waals surface area contributed by atoms with Crippen molar-refractivity contribution in [2.24, 2.45) is 5.41 Å². The van der Waals surface area contributed by atoms with E-state index in [0.717, 1.165) is 5.56 Å². The van der Waals surface area contributed by atoms with Gasteiger partial charge >= 0.3 is 5.97 Å². The Morgan fingerprint density at radius 2 is 1.93 bits per heavy atom. The number of amides is 1. The highest BCUT2D eigenvalue weighted by molar-refractivity contribution is 5.95. The van der Waals surface area contributed by atoms with Crippen LogP contribution in [0.25, 0.3) is 0 Å². The van der Waals surface area contributed by atoms with Crippen molar-refractivity contribution in [1.82, 2.24) is 4.90 Å². The molecule has 3 rings (SSSR count). The fraction of sp³-hybridized carbons (Fsp3) is 0.391. The molecule has 0 radical (unpaired) electrons. The van der Waals surface area contributed by atoms with E-state index in [1.807, 2.05) is 30.3 Å². The van der Waals surface area contributed by atoms with Crippen LogP contribution in [0.15, 0.2) is 48.5 Å². The number of aryl methyl sites for hydroxylation is 1. The molecular formula is C23H27NO6. The first-order valence-electron chi connectivity index (χ1n) is 9.99. The van der Waals surface area contributed by atoms with E-state index in [9.17, 15) is 24.9 Å². The largest absolute Gasteiger partial charge is 0.504 e. The van der Waals surface area contributed by atoms with Gasteiger partial charge in [0.05, 0.1) is 13.2 Å². The summed E-state index contributed by atoms with van der Waals surface area (Å²) in [7, 11) is 1.42. The molecule has 1 amide bonds. The Labute approximate surface area is 175 Å². The molecule has 2 aromatic carbocycles. The van der Waals surface area contributed by atoms with E-state index in [2.05, 4.69) is 0 Å². The molecule has 0 aromatic heterocycles. The molecule has 3 N–H and O–H groups in total. The lowest BCUT2D eigenvalue weighted by molar-refractivity contribution is -0.162. The highest BCUT2D eigenvalue weighted by atomic mass is 16.5. The number of hydrogen-bond acceptors (Lipinski definition) is 5. The number of carboxylic acid groups (broad SMARTS) is 1. The Hall–Kier alpha value is -3.06. The number of likely N-dealkylation sites (tertiary alicyclic amines) is 1. The summed E-state index contributed by atoms with van der Waals surface area (Å²) in [6.07, 6.45) is 0.697. The second kappa shape index (κ2) is 9.17. The number of methoxy groups -OCH3 is 1. The maximum Gasteiger partial charge on any atom is 0.314 e. The minimum absolute atomic E-state index is 0.0795. The third kappa shape index (κ3) is 4.41. The molecule has 0 bridgehead atoms. The van der Waals surface area contributed by atoms with E-state index in [0.29, 0.717) is 12.8 Å². The molecule has 160 valence electrons. The van der Waals surface area contributed by atoms with E-state index in [4.69, 9.17) is 4.74 Å². The molecule has 2 aromatic rings. The van der Waals surface area contributed by atoms with Gasteiger partial charge in [-0.05, 0) is 49.4 Å². The second-order valence-corrected chi connectivity index (χ2v) is 7.72. The van der Waals surface area contributed by atoms with Crippen molar-refractivity contribution in [3.63, 3.8) is 0 Å². The van der Waals surface area contributed by atoms with Crippen LogP contribution in [0.5, 0.6) is 11.5 Å². The van der Waals surface area contributed by atoms with Crippen molar-refractivity contribution in [3.05, 3.63) is 59.7 Å². The van der Waals surface area contributed by atoms with Gasteiger partial charge in [-0.1, -0.05) is 30.3 Å². The number of aliphatic hydroxyl groups is 1. The number of hydrogen-bond donors (Lipinski definition) is 3. The maximum absolute atomic E-state index is 13.0.